The van der Waals surface area contributed by atoms with Crippen LogP contribution in [-0.4, -0.2) is 66.7 Å². The molecule has 1 heterocycles. The van der Waals surface area contributed by atoms with Crippen LogP contribution in [0.5, 0.6) is 0 Å². The Morgan fingerprint density at radius 2 is 1.86 bits per heavy atom. The summed E-state index contributed by atoms with van der Waals surface area (Å²) in [5.74, 6) is 0.0948. The zero-order valence-corrected chi connectivity index (χ0v) is 14.7. The summed E-state index contributed by atoms with van der Waals surface area (Å²) in [5.41, 5.74) is 5.41. The van der Waals surface area contributed by atoms with Gasteiger partial charge < -0.3 is 15.4 Å². The van der Waals surface area contributed by atoms with Crippen LogP contribution < -0.4 is 5.73 Å². The van der Waals surface area contributed by atoms with Crippen LogP contribution >= 0.6 is 12.4 Å². The average molecular weight is 322 g/mol. The van der Waals surface area contributed by atoms with Gasteiger partial charge in [-0.25, -0.2) is 0 Å². The number of carbonyl (C=O) groups excluding carboxylic acids is 1. The molecule has 1 aliphatic heterocycles. The molecule has 1 amide bonds. The summed E-state index contributed by atoms with van der Waals surface area (Å²) < 4.78 is 5.56. The monoisotopic (exact) mass is 321 g/mol. The highest BCUT2D eigenvalue weighted by Crippen LogP contribution is 2.14. The fourth-order valence-electron chi connectivity index (χ4n) is 2.58. The van der Waals surface area contributed by atoms with Crippen LogP contribution in [0.25, 0.3) is 0 Å². The second kappa shape index (κ2) is 9.62. The van der Waals surface area contributed by atoms with Crippen molar-refractivity contribution >= 4 is 18.3 Å². The Morgan fingerprint density at radius 3 is 2.33 bits per heavy atom. The molecular weight excluding hydrogens is 290 g/mol. The summed E-state index contributed by atoms with van der Waals surface area (Å²) in [6, 6.07) is 0. The Bertz CT molecular complexity index is 303. The maximum absolute atomic E-state index is 12.4. The number of nitrogens with zero attached hydrogens (tertiary/aromatic N) is 2. The highest BCUT2D eigenvalue weighted by Gasteiger charge is 2.33. The Kier molecular flexibility index (Phi) is 9.45. The largest absolute Gasteiger partial charge is 0.377 e. The molecule has 0 aromatic rings. The van der Waals surface area contributed by atoms with Crippen molar-refractivity contribution in [1.29, 1.82) is 0 Å². The minimum atomic E-state index is -0.711. The van der Waals surface area contributed by atoms with Gasteiger partial charge in [-0.1, -0.05) is 13.3 Å². The Balaban J connectivity index is 0.00000400. The van der Waals surface area contributed by atoms with Gasteiger partial charge in [0.25, 0.3) is 0 Å². The van der Waals surface area contributed by atoms with Crippen molar-refractivity contribution in [2.45, 2.75) is 52.2 Å². The van der Waals surface area contributed by atoms with E-state index >= 15 is 0 Å². The summed E-state index contributed by atoms with van der Waals surface area (Å²) in [6.07, 6.45) is 1.96. The molecule has 0 radical (unpaired) electrons. The van der Waals surface area contributed by atoms with Gasteiger partial charge in [-0.15, -0.1) is 12.4 Å². The second-order valence-electron chi connectivity index (χ2n) is 6.22. The third kappa shape index (κ3) is 6.96. The van der Waals surface area contributed by atoms with E-state index in [2.05, 4.69) is 11.8 Å². The SMILES string of the molecule is CCCC(C)(N)C(=O)N1CCN(CCOC(C)C)CC1.Cl. The molecule has 6 heteroatoms. The molecule has 0 bridgehead atoms. The van der Waals surface area contributed by atoms with Gasteiger partial charge in [0.15, 0.2) is 0 Å². The molecule has 0 saturated carbocycles. The third-order valence-electron chi connectivity index (χ3n) is 3.78. The zero-order chi connectivity index (χ0) is 15.2. The van der Waals surface area contributed by atoms with E-state index in [4.69, 9.17) is 10.5 Å². The van der Waals surface area contributed by atoms with Crippen molar-refractivity contribution in [2.24, 2.45) is 5.73 Å². The van der Waals surface area contributed by atoms with Crippen LogP contribution in [0, 0.1) is 0 Å². The Morgan fingerprint density at radius 1 is 1.29 bits per heavy atom. The summed E-state index contributed by atoms with van der Waals surface area (Å²) in [5, 5.41) is 0. The first kappa shape index (κ1) is 20.6. The summed E-state index contributed by atoms with van der Waals surface area (Å²) in [4.78, 5) is 16.6. The number of amides is 1. The van der Waals surface area contributed by atoms with E-state index in [1.807, 2.05) is 25.7 Å². The number of nitrogens with two attached hydrogens (primary N) is 1. The predicted molar refractivity (Wildman–Crippen MR) is 88.9 cm³/mol. The molecule has 1 fully saturated rings. The fourth-order valence-corrected chi connectivity index (χ4v) is 2.58. The van der Waals surface area contributed by atoms with Gasteiger partial charge in [0.1, 0.15) is 0 Å². The standard InChI is InChI=1S/C15H31N3O2.ClH/c1-5-6-15(4,16)14(19)18-9-7-17(8-10-18)11-12-20-13(2)3;/h13H,5-12,16H2,1-4H3;1H. The highest BCUT2D eigenvalue weighted by atomic mass is 35.5. The van der Waals surface area contributed by atoms with Gasteiger partial charge in [-0.3, -0.25) is 9.69 Å². The molecule has 0 aromatic carbocycles. The molecule has 0 aromatic heterocycles. The molecule has 1 rings (SSSR count). The number of ether oxygens (including phenoxy) is 1. The van der Waals surface area contributed by atoms with E-state index in [0.717, 1.165) is 52.2 Å². The smallest absolute Gasteiger partial charge is 0.242 e. The van der Waals surface area contributed by atoms with Gasteiger partial charge >= 0.3 is 0 Å². The van der Waals surface area contributed by atoms with Gasteiger partial charge in [0.2, 0.25) is 5.91 Å². The molecule has 1 unspecified atom stereocenters. The normalized spacial score (nSPS) is 19.2. The zero-order valence-electron chi connectivity index (χ0n) is 13.9. The van der Waals surface area contributed by atoms with Crippen LogP contribution in [0.3, 0.4) is 0 Å². The van der Waals surface area contributed by atoms with Crippen LogP contribution in [0.4, 0.5) is 0 Å². The van der Waals surface area contributed by atoms with Crippen molar-refractivity contribution in [2.75, 3.05) is 39.3 Å². The van der Waals surface area contributed by atoms with Crippen LogP contribution in [0.2, 0.25) is 0 Å². The maximum Gasteiger partial charge on any atom is 0.242 e. The quantitative estimate of drug-likeness (QED) is 0.772. The molecule has 21 heavy (non-hydrogen) atoms. The fraction of sp³-hybridized carbons (Fsp3) is 0.933. The molecule has 2 N–H and O–H groups in total. The van der Waals surface area contributed by atoms with E-state index in [1.165, 1.54) is 0 Å². The van der Waals surface area contributed by atoms with Crippen LogP contribution in [0.1, 0.15) is 40.5 Å². The molecular formula is C15H32ClN3O2. The first-order chi connectivity index (χ1) is 9.36. The lowest BCUT2D eigenvalue weighted by molar-refractivity contribution is -0.138. The average Bonchev–Trinajstić information content (AvgIpc) is 2.38. The van der Waals surface area contributed by atoms with Gasteiger partial charge in [0.05, 0.1) is 18.2 Å². The predicted octanol–water partition coefficient (Wildman–Crippen LogP) is 1.49. The summed E-state index contributed by atoms with van der Waals surface area (Å²) in [6.45, 7) is 13.1. The van der Waals surface area contributed by atoms with Crippen molar-refractivity contribution < 1.29 is 9.53 Å². The molecule has 5 nitrogen and oxygen atoms in total. The molecule has 1 saturated heterocycles. The Labute approximate surface area is 135 Å². The van der Waals surface area contributed by atoms with Crippen molar-refractivity contribution in [3.8, 4) is 0 Å². The van der Waals surface area contributed by atoms with E-state index in [1.54, 1.807) is 0 Å². The van der Waals surface area contributed by atoms with Crippen molar-refractivity contribution in [3.63, 3.8) is 0 Å². The van der Waals surface area contributed by atoms with E-state index in [0.29, 0.717) is 0 Å². The van der Waals surface area contributed by atoms with Crippen LogP contribution in [0.15, 0.2) is 0 Å². The number of piperazine rings is 1. The number of halogens is 1. The van der Waals surface area contributed by atoms with Gasteiger partial charge in [-0.05, 0) is 27.2 Å². The molecule has 1 atom stereocenters. The van der Waals surface area contributed by atoms with E-state index in [-0.39, 0.29) is 24.4 Å². The van der Waals surface area contributed by atoms with Gasteiger partial charge in [-0.2, -0.15) is 0 Å². The van der Waals surface area contributed by atoms with E-state index in [9.17, 15) is 4.79 Å². The first-order valence-electron chi connectivity index (χ1n) is 7.79. The third-order valence-corrected chi connectivity index (χ3v) is 3.78. The molecule has 0 spiro atoms. The van der Waals surface area contributed by atoms with Crippen LogP contribution in [-0.2, 0) is 9.53 Å². The first-order valence-corrected chi connectivity index (χ1v) is 7.79. The second-order valence-corrected chi connectivity index (χ2v) is 6.22. The summed E-state index contributed by atoms with van der Waals surface area (Å²) in [7, 11) is 0. The van der Waals surface area contributed by atoms with E-state index < -0.39 is 5.54 Å². The maximum atomic E-state index is 12.4. The van der Waals surface area contributed by atoms with Crippen molar-refractivity contribution in [1.82, 2.24) is 9.80 Å². The minimum Gasteiger partial charge on any atom is -0.377 e. The number of rotatable bonds is 7. The minimum absolute atomic E-state index is 0. The Hall–Kier alpha value is -0.360. The van der Waals surface area contributed by atoms with Crippen molar-refractivity contribution in [3.05, 3.63) is 0 Å². The lowest BCUT2D eigenvalue weighted by Gasteiger charge is -2.38. The number of hydrogen-bond donors (Lipinski definition) is 1. The lowest BCUT2D eigenvalue weighted by Crippen LogP contribution is -2.58. The molecule has 1 aliphatic rings. The number of hydrogen-bond acceptors (Lipinski definition) is 4. The highest BCUT2D eigenvalue weighted by molar-refractivity contribution is 5.86. The summed E-state index contributed by atoms with van der Waals surface area (Å²) >= 11 is 0. The van der Waals surface area contributed by atoms with Gasteiger partial charge in [0, 0.05) is 32.7 Å². The molecule has 126 valence electrons. The lowest BCUT2D eigenvalue weighted by atomic mass is 9.95. The number of carbonyl (C=O) groups is 1. The topological polar surface area (TPSA) is 58.8 Å². The molecule has 0 aliphatic carbocycles.